The van der Waals surface area contributed by atoms with Gasteiger partial charge in [0.25, 0.3) is 0 Å². The molecule has 2 aliphatic rings. The SMILES string of the molecule is O=C(NC1=CC=C([NH+]([O-])O)CC1)Nc1ccccc1N1CCCCC1. The first kappa shape index (κ1) is 17.5. The Morgan fingerprint density at radius 1 is 1.08 bits per heavy atom. The Kier molecular flexibility index (Phi) is 5.70. The first-order valence-electron chi connectivity index (χ1n) is 8.68. The molecule has 4 N–H and O–H groups in total. The van der Waals surface area contributed by atoms with E-state index >= 15 is 0 Å². The van der Waals surface area contributed by atoms with Crippen LogP contribution in [0.5, 0.6) is 0 Å². The second kappa shape index (κ2) is 8.15. The van der Waals surface area contributed by atoms with Crippen LogP contribution in [0.15, 0.2) is 47.8 Å². The highest BCUT2D eigenvalue weighted by atomic mass is 16.8. The van der Waals surface area contributed by atoms with Gasteiger partial charge >= 0.3 is 6.03 Å². The molecular weight excluding hydrogens is 320 g/mol. The predicted molar refractivity (Wildman–Crippen MR) is 96.2 cm³/mol. The number of urea groups is 1. The zero-order chi connectivity index (χ0) is 17.6. The molecule has 3 rings (SSSR count). The number of hydroxylamine groups is 2. The Labute approximate surface area is 147 Å². The minimum Gasteiger partial charge on any atom is -0.595 e. The molecule has 1 aliphatic heterocycles. The number of carbonyl (C=O) groups is 1. The molecule has 0 aromatic heterocycles. The monoisotopic (exact) mass is 344 g/mol. The Bertz CT molecular complexity index is 679. The molecule has 0 bridgehead atoms. The predicted octanol–water partition coefficient (Wildman–Crippen LogP) is 2.13. The standard InChI is InChI=1S/C18H24N4O3/c23-18(19-14-8-10-15(11-9-14)22(24)25)20-16-6-2-3-7-17(16)21-12-4-1-5-13-21/h2-3,6-8,10,22,24H,1,4-5,9,11-13H2,(H2,19,20,23). The number of anilines is 2. The molecule has 25 heavy (non-hydrogen) atoms. The van der Waals surface area contributed by atoms with Crippen molar-refractivity contribution in [2.24, 2.45) is 0 Å². The molecule has 1 fully saturated rings. The van der Waals surface area contributed by atoms with Crippen LogP contribution in [-0.4, -0.2) is 24.3 Å². The summed E-state index contributed by atoms with van der Waals surface area (Å²) in [5.74, 6) is 0. The van der Waals surface area contributed by atoms with Crippen molar-refractivity contribution in [3.63, 3.8) is 0 Å². The van der Waals surface area contributed by atoms with Gasteiger partial charge in [-0.25, -0.2) is 10.0 Å². The zero-order valence-electron chi connectivity index (χ0n) is 14.1. The fourth-order valence-electron chi connectivity index (χ4n) is 3.21. The third kappa shape index (κ3) is 4.60. The van der Waals surface area contributed by atoms with Gasteiger partial charge in [0.05, 0.1) is 11.4 Å². The fourth-order valence-corrected chi connectivity index (χ4v) is 3.21. The smallest absolute Gasteiger partial charge is 0.323 e. The molecule has 0 saturated carbocycles. The van der Waals surface area contributed by atoms with Crippen molar-refractivity contribution in [2.45, 2.75) is 32.1 Å². The number of nitrogens with one attached hydrogen (secondary N) is 3. The molecular formula is C18H24N4O3. The lowest BCUT2D eigenvalue weighted by Gasteiger charge is -2.30. The summed E-state index contributed by atoms with van der Waals surface area (Å²) in [5.41, 5.74) is 2.92. The Morgan fingerprint density at radius 2 is 1.84 bits per heavy atom. The summed E-state index contributed by atoms with van der Waals surface area (Å²) < 4.78 is 0. The van der Waals surface area contributed by atoms with Crippen molar-refractivity contribution in [3.05, 3.63) is 53.0 Å². The van der Waals surface area contributed by atoms with Gasteiger partial charge in [-0.1, -0.05) is 12.1 Å². The minimum atomic E-state index is -0.907. The first-order valence-corrected chi connectivity index (χ1v) is 8.68. The summed E-state index contributed by atoms with van der Waals surface area (Å²) in [7, 11) is 0. The minimum absolute atomic E-state index is 0.303. The van der Waals surface area contributed by atoms with E-state index in [2.05, 4.69) is 15.5 Å². The highest BCUT2D eigenvalue weighted by Gasteiger charge is 2.17. The largest absolute Gasteiger partial charge is 0.595 e. The molecule has 1 heterocycles. The number of hydrogen-bond acceptors (Lipinski definition) is 4. The number of allylic oxidation sites excluding steroid dienone is 4. The lowest BCUT2D eigenvalue weighted by molar-refractivity contribution is -1.02. The van der Waals surface area contributed by atoms with Gasteiger partial charge < -0.3 is 20.7 Å². The van der Waals surface area contributed by atoms with E-state index in [0.29, 0.717) is 18.5 Å². The number of nitrogens with zero attached hydrogens (tertiary/aromatic N) is 1. The van der Waals surface area contributed by atoms with E-state index < -0.39 is 5.23 Å². The molecule has 1 aliphatic carbocycles. The number of piperidine rings is 1. The van der Waals surface area contributed by atoms with Gasteiger partial charge in [0, 0.05) is 25.2 Å². The Balaban J connectivity index is 1.64. The van der Waals surface area contributed by atoms with Gasteiger partial charge in [-0.15, -0.1) is 0 Å². The molecule has 7 heteroatoms. The molecule has 1 unspecified atom stereocenters. The highest BCUT2D eigenvalue weighted by molar-refractivity contribution is 5.94. The molecule has 1 saturated heterocycles. The second-order valence-corrected chi connectivity index (χ2v) is 6.33. The summed E-state index contributed by atoms with van der Waals surface area (Å²) in [5, 5.41) is 24.7. The van der Waals surface area contributed by atoms with Crippen LogP contribution in [0, 0.1) is 5.21 Å². The maximum Gasteiger partial charge on any atom is 0.323 e. The van der Waals surface area contributed by atoms with Gasteiger partial charge in [-0.2, -0.15) is 5.23 Å². The van der Waals surface area contributed by atoms with Crippen LogP contribution in [-0.2, 0) is 0 Å². The quantitative estimate of drug-likeness (QED) is 0.630. The van der Waals surface area contributed by atoms with Gasteiger partial charge in [0.15, 0.2) is 0 Å². The maximum absolute atomic E-state index is 12.3. The van der Waals surface area contributed by atoms with Crippen molar-refractivity contribution >= 4 is 17.4 Å². The summed E-state index contributed by atoms with van der Waals surface area (Å²) in [6, 6.07) is 7.52. The molecule has 0 radical (unpaired) electrons. The molecule has 1 aromatic carbocycles. The number of para-hydroxylation sites is 2. The van der Waals surface area contributed by atoms with E-state index in [4.69, 9.17) is 5.21 Å². The molecule has 7 nitrogen and oxygen atoms in total. The number of carbonyl (C=O) groups excluding carboxylic acids is 1. The summed E-state index contributed by atoms with van der Waals surface area (Å²) in [6.45, 7) is 2.02. The number of amides is 2. The second-order valence-electron chi connectivity index (χ2n) is 6.33. The summed E-state index contributed by atoms with van der Waals surface area (Å²) >= 11 is 0. The highest BCUT2D eigenvalue weighted by Crippen LogP contribution is 2.28. The van der Waals surface area contributed by atoms with Crippen molar-refractivity contribution in [3.8, 4) is 0 Å². The topological polar surface area (TPSA) is 92.1 Å². The van der Waals surface area contributed by atoms with Crippen LogP contribution in [0.25, 0.3) is 0 Å². The Hall–Kier alpha value is -2.35. The van der Waals surface area contributed by atoms with Gasteiger partial charge in [0.1, 0.15) is 5.70 Å². The summed E-state index contributed by atoms with van der Waals surface area (Å²) in [6.07, 6.45) is 7.74. The van der Waals surface area contributed by atoms with Crippen molar-refractivity contribution in [2.75, 3.05) is 23.3 Å². The van der Waals surface area contributed by atoms with E-state index in [0.717, 1.165) is 30.2 Å². The molecule has 1 aromatic rings. The number of quaternary nitrogens is 1. The van der Waals surface area contributed by atoms with Crippen LogP contribution in [0.3, 0.4) is 0 Å². The lowest BCUT2D eigenvalue weighted by atomic mass is 10.1. The molecule has 1 atom stereocenters. The van der Waals surface area contributed by atoms with Gasteiger partial charge in [-0.05, 0) is 50.0 Å². The molecule has 134 valence electrons. The maximum atomic E-state index is 12.3. The molecule has 2 amide bonds. The third-order valence-corrected chi connectivity index (χ3v) is 4.55. The number of benzene rings is 1. The fraction of sp³-hybridized carbons (Fsp3) is 0.389. The van der Waals surface area contributed by atoms with Crippen LogP contribution < -0.4 is 20.8 Å². The molecule has 0 spiro atoms. The van der Waals surface area contributed by atoms with E-state index in [1.807, 2.05) is 24.3 Å². The lowest BCUT2D eigenvalue weighted by Crippen LogP contribution is -3.02. The zero-order valence-corrected chi connectivity index (χ0v) is 14.1. The number of rotatable bonds is 4. The average Bonchev–Trinajstić information content (AvgIpc) is 2.63. The summed E-state index contributed by atoms with van der Waals surface area (Å²) in [4.78, 5) is 14.6. The van der Waals surface area contributed by atoms with E-state index in [-0.39, 0.29) is 6.03 Å². The normalized spacial score (nSPS) is 18.9. The average molecular weight is 344 g/mol. The van der Waals surface area contributed by atoms with E-state index in [1.54, 1.807) is 12.2 Å². The van der Waals surface area contributed by atoms with E-state index in [1.165, 1.54) is 19.3 Å². The van der Waals surface area contributed by atoms with Crippen molar-refractivity contribution < 1.29 is 15.2 Å². The van der Waals surface area contributed by atoms with Gasteiger partial charge in [0.2, 0.25) is 0 Å². The van der Waals surface area contributed by atoms with E-state index in [9.17, 15) is 10.0 Å². The van der Waals surface area contributed by atoms with Gasteiger partial charge in [-0.3, -0.25) is 0 Å². The van der Waals surface area contributed by atoms with Crippen LogP contribution in [0.2, 0.25) is 0 Å². The van der Waals surface area contributed by atoms with Crippen molar-refractivity contribution in [1.82, 2.24) is 5.32 Å². The first-order chi connectivity index (χ1) is 12.1. The third-order valence-electron chi connectivity index (χ3n) is 4.55. The number of hydrogen-bond donors (Lipinski definition) is 4. The van der Waals surface area contributed by atoms with Crippen LogP contribution in [0.4, 0.5) is 16.2 Å². The van der Waals surface area contributed by atoms with Crippen LogP contribution >= 0.6 is 0 Å². The van der Waals surface area contributed by atoms with Crippen LogP contribution in [0.1, 0.15) is 32.1 Å². The Morgan fingerprint density at radius 3 is 2.52 bits per heavy atom. The van der Waals surface area contributed by atoms with Crippen molar-refractivity contribution in [1.29, 1.82) is 0 Å².